The van der Waals surface area contributed by atoms with Gasteiger partial charge in [0, 0.05) is 56.3 Å². The van der Waals surface area contributed by atoms with Crippen LogP contribution in [0, 0.1) is 0 Å². The van der Waals surface area contributed by atoms with Crippen molar-refractivity contribution in [2.24, 2.45) is 0 Å². The Bertz CT molecular complexity index is 2250. The van der Waals surface area contributed by atoms with Gasteiger partial charge in [0.25, 0.3) is 6.71 Å². The van der Waals surface area contributed by atoms with E-state index in [9.17, 15) is 13.2 Å². The van der Waals surface area contributed by atoms with E-state index < -0.39 is 11.7 Å². The van der Waals surface area contributed by atoms with Crippen LogP contribution in [-0.2, 0) is 11.6 Å². The first-order chi connectivity index (χ1) is 21.8. The smallest absolute Gasteiger partial charge is 0.320 e. The Kier molecular flexibility index (Phi) is 4.54. The summed E-state index contributed by atoms with van der Waals surface area (Å²) in [6, 6.07) is 37.2. The van der Waals surface area contributed by atoms with Crippen LogP contribution >= 0.6 is 0 Å². The summed E-state index contributed by atoms with van der Waals surface area (Å²) in [6.07, 6.45) is -4.53. The van der Waals surface area contributed by atoms with Crippen molar-refractivity contribution in [3.8, 4) is 16.9 Å². The molecule has 0 saturated carbocycles. The Morgan fingerprint density at radius 1 is 0.622 bits per heavy atom. The van der Waals surface area contributed by atoms with Crippen molar-refractivity contribution >= 4 is 57.4 Å². The van der Waals surface area contributed by atoms with E-state index in [2.05, 4.69) is 59.7 Å². The summed E-state index contributed by atoms with van der Waals surface area (Å²) < 4.78 is 47.0. The third kappa shape index (κ3) is 2.94. The molecular formula is C38H25BF3N3. The molecule has 0 unspecified atom stereocenters. The topological polar surface area (TPSA) is 11.4 Å². The lowest BCUT2D eigenvalue weighted by atomic mass is 9.36. The molecule has 216 valence electrons. The van der Waals surface area contributed by atoms with Crippen LogP contribution in [0.15, 0.2) is 115 Å². The van der Waals surface area contributed by atoms with E-state index in [1.807, 2.05) is 71.6 Å². The molecular weight excluding hydrogens is 566 g/mol. The second-order valence-corrected chi connectivity index (χ2v) is 12.9. The van der Waals surface area contributed by atoms with Crippen molar-refractivity contribution in [2.45, 2.75) is 25.4 Å². The maximum absolute atomic E-state index is 14.9. The molecule has 1 aromatic heterocycles. The van der Waals surface area contributed by atoms with Crippen molar-refractivity contribution in [3.05, 3.63) is 132 Å². The number of fused-ring (bicyclic) bond motifs is 6. The van der Waals surface area contributed by atoms with Gasteiger partial charge in [0.2, 0.25) is 0 Å². The number of benzene rings is 5. The molecule has 3 aliphatic heterocycles. The number of para-hydroxylation sites is 2. The minimum Gasteiger partial charge on any atom is -0.320 e. The SMILES string of the molecule is CC1(C)c2ccccc2-c2c1c1c3n2-c2cccc4c2B3c2c(cc(C(F)(F)F)cc2N1c1ccccc1)N4c1ccccc1. The summed E-state index contributed by atoms with van der Waals surface area (Å²) in [5, 5.41) is 0. The van der Waals surface area contributed by atoms with Crippen molar-refractivity contribution in [3.63, 3.8) is 0 Å². The normalized spacial score (nSPS) is 15.7. The Morgan fingerprint density at radius 2 is 1.20 bits per heavy atom. The third-order valence-corrected chi connectivity index (χ3v) is 10.3. The van der Waals surface area contributed by atoms with E-state index in [0.717, 1.165) is 56.2 Å². The second kappa shape index (κ2) is 8.10. The minimum atomic E-state index is -4.53. The number of halogens is 3. The van der Waals surface area contributed by atoms with Crippen molar-refractivity contribution in [2.75, 3.05) is 9.80 Å². The predicted molar refractivity (Wildman–Crippen MR) is 176 cm³/mol. The number of hydrogen-bond acceptors (Lipinski definition) is 2. The molecule has 3 nitrogen and oxygen atoms in total. The molecule has 0 saturated heterocycles. The van der Waals surface area contributed by atoms with Crippen molar-refractivity contribution < 1.29 is 13.2 Å². The Balaban J connectivity index is 1.43. The van der Waals surface area contributed by atoms with Gasteiger partial charge in [-0.15, -0.1) is 0 Å². The average molecular weight is 591 g/mol. The maximum Gasteiger partial charge on any atom is 0.416 e. The van der Waals surface area contributed by atoms with Crippen LogP contribution in [-0.4, -0.2) is 11.3 Å². The van der Waals surface area contributed by atoms with Gasteiger partial charge in [-0.1, -0.05) is 80.6 Å². The van der Waals surface area contributed by atoms with E-state index >= 15 is 0 Å². The molecule has 0 atom stereocenters. The summed E-state index contributed by atoms with van der Waals surface area (Å²) in [7, 11) is 0. The molecule has 7 heteroatoms. The number of alkyl halides is 3. The fraction of sp³-hybridized carbons (Fsp3) is 0.105. The molecule has 4 heterocycles. The lowest BCUT2D eigenvalue weighted by Gasteiger charge is -2.43. The molecule has 10 rings (SSSR count). The second-order valence-electron chi connectivity index (χ2n) is 12.9. The van der Waals surface area contributed by atoms with Crippen LogP contribution in [0.25, 0.3) is 16.9 Å². The molecule has 0 fully saturated rings. The molecule has 0 spiro atoms. The highest BCUT2D eigenvalue weighted by atomic mass is 19.4. The molecule has 0 N–H and O–H groups in total. The number of anilines is 6. The van der Waals surface area contributed by atoms with Gasteiger partial charge in [-0.3, -0.25) is 0 Å². The summed E-state index contributed by atoms with van der Waals surface area (Å²) in [4.78, 5) is 4.14. The number of aromatic nitrogens is 1. The zero-order valence-corrected chi connectivity index (χ0v) is 24.5. The fourth-order valence-corrected chi connectivity index (χ4v) is 8.58. The molecule has 0 amide bonds. The molecule has 0 radical (unpaired) electrons. The summed E-state index contributed by atoms with van der Waals surface area (Å²) in [5.74, 6) is 0. The third-order valence-electron chi connectivity index (χ3n) is 10.3. The van der Waals surface area contributed by atoms with Crippen LogP contribution in [0.3, 0.4) is 0 Å². The van der Waals surface area contributed by atoms with E-state index in [1.165, 1.54) is 23.3 Å². The zero-order chi connectivity index (χ0) is 30.4. The summed E-state index contributed by atoms with van der Waals surface area (Å²) in [6.45, 7) is 4.29. The summed E-state index contributed by atoms with van der Waals surface area (Å²) >= 11 is 0. The highest BCUT2D eigenvalue weighted by Gasteiger charge is 2.56. The maximum atomic E-state index is 14.9. The lowest BCUT2D eigenvalue weighted by Crippen LogP contribution is -2.59. The Hall–Kier alpha value is -5.17. The van der Waals surface area contributed by atoms with Crippen LogP contribution in [0.2, 0.25) is 0 Å². The zero-order valence-electron chi connectivity index (χ0n) is 24.5. The molecule has 5 aromatic carbocycles. The fourth-order valence-electron chi connectivity index (χ4n) is 8.58. The first-order valence-corrected chi connectivity index (χ1v) is 15.2. The van der Waals surface area contributed by atoms with Gasteiger partial charge in [-0.2, -0.15) is 13.2 Å². The first-order valence-electron chi connectivity index (χ1n) is 15.2. The molecule has 6 aromatic rings. The van der Waals surface area contributed by atoms with E-state index in [4.69, 9.17) is 0 Å². The lowest BCUT2D eigenvalue weighted by molar-refractivity contribution is -0.137. The monoisotopic (exact) mass is 591 g/mol. The quantitative estimate of drug-likeness (QED) is 0.188. The van der Waals surface area contributed by atoms with Crippen LogP contribution in [0.4, 0.5) is 47.3 Å². The highest BCUT2D eigenvalue weighted by Crippen LogP contribution is 2.58. The standard InChI is InChI=1S/C38H25BF3N3/c1-37(2)26-17-10-9-16-25(26)34-31(37)35-36-39-32-27(18-11-19-28(32)45(34)36)43(23-12-5-3-6-13-23)29-20-22(38(40,41)42)21-30(33(29)39)44(35)24-14-7-4-8-15-24/h3-21H,1-2H3. The molecule has 1 aliphatic carbocycles. The van der Waals surface area contributed by atoms with E-state index in [1.54, 1.807) is 0 Å². The largest absolute Gasteiger partial charge is 0.416 e. The number of hydrogen-bond donors (Lipinski definition) is 0. The van der Waals surface area contributed by atoms with Gasteiger partial charge >= 0.3 is 6.18 Å². The summed E-state index contributed by atoms with van der Waals surface area (Å²) in [5.41, 5.74) is 12.7. The van der Waals surface area contributed by atoms with Crippen LogP contribution < -0.4 is 26.3 Å². The van der Waals surface area contributed by atoms with Gasteiger partial charge in [0.05, 0.1) is 16.9 Å². The average Bonchev–Trinajstić information content (AvgIpc) is 3.65. The first kappa shape index (κ1) is 25.2. The van der Waals surface area contributed by atoms with E-state index in [0.29, 0.717) is 11.4 Å². The van der Waals surface area contributed by atoms with Gasteiger partial charge in [-0.25, -0.2) is 0 Å². The van der Waals surface area contributed by atoms with Gasteiger partial charge in [-0.05, 0) is 65.0 Å². The van der Waals surface area contributed by atoms with Gasteiger partial charge in [0.15, 0.2) is 0 Å². The van der Waals surface area contributed by atoms with Gasteiger partial charge in [0.1, 0.15) is 0 Å². The molecule has 45 heavy (non-hydrogen) atoms. The van der Waals surface area contributed by atoms with Crippen molar-refractivity contribution in [1.82, 2.24) is 4.57 Å². The van der Waals surface area contributed by atoms with Crippen LogP contribution in [0.5, 0.6) is 0 Å². The predicted octanol–water partition coefficient (Wildman–Crippen LogP) is 8.20. The highest BCUT2D eigenvalue weighted by molar-refractivity contribution is 7.02. The van der Waals surface area contributed by atoms with Crippen molar-refractivity contribution in [1.29, 1.82) is 0 Å². The molecule has 0 bridgehead atoms. The van der Waals surface area contributed by atoms with E-state index in [-0.39, 0.29) is 12.1 Å². The number of nitrogens with zero attached hydrogens (tertiary/aromatic N) is 3. The Labute approximate surface area is 258 Å². The minimum absolute atomic E-state index is 0.202. The number of rotatable bonds is 2. The van der Waals surface area contributed by atoms with Crippen LogP contribution in [0.1, 0.15) is 30.5 Å². The molecule has 4 aliphatic rings. The van der Waals surface area contributed by atoms with Gasteiger partial charge < -0.3 is 14.4 Å². The Morgan fingerprint density at radius 3 is 1.89 bits per heavy atom.